The molecule has 0 amide bonds. The van der Waals surface area contributed by atoms with E-state index in [1.54, 1.807) is 18.6 Å². The Morgan fingerprint density at radius 1 is 1.07 bits per heavy atom. The molecule has 1 saturated heterocycles. The highest BCUT2D eigenvalue weighted by atomic mass is 15.2. The number of piperidine rings is 1. The van der Waals surface area contributed by atoms with Crippen LogP contribution >= 0.6 is 0 Å². The summed E-state index contributed by atoms with van der Waals surface area (Å²) < 4.78 is 1.86. The van der Waals surface area contributed by atoms with Gasteiger partial charge >= 0.3 is 0 Å². The fraction of sp³-hybridized carbons (Fsp3) is 0.400. The third-order valence-corrected chi connectivity index (χ3v) is 5.11. The molecule has 0 radical (unpaired) electrons. The Kier molecular flexibility index (Phi) is 5.11. The van der Waals surface area contributed by atoms with Crippen LogP contribution in [0.3, 0.4) is 0 Å². The van der Waals surface area contributed by atoms with Gasteiger partial charge in [-0.05, 0) is 44.5 Å². The Balaban J connectivity index is 1.43. The largest absolute Gasteiger partial charge is 0.323 e. The minimum atomic E-state index is 0.412. The van der Waals surface area contributed by atoms with Crippen molar-refractivity contribution in [2.24, 2.45) is 7.05 Å². The van der Waals surface area contributed by atoms with Crippen LogP contribution in [0.1, 0.15) is 35.6 Å². The first-order valence-electron chi connectivity index (χ1n) is 9.38. The molecule has 0 atom stereocenters. The number of aryl methyl sites for hydroxylation is 2. The predicted molar refractivity (Wildman–Crippen MR) is 105 cm³/mol. The SMILES string of the molecule is Cc1cccnc1Nc1nccnc1C1CCN(Cc2cnn(C)c2)CC1. The molecule has 140 valence electrons. The van der Waals surface area contributed by atoms with Gasteiger partial charge in [-0.2, -0.15) is 5.10 Å². The van der Waals surface area contributed by atoms with E-state index in [0.717, 1.165) is 55.4 Å². The van der Waals surface area contributed by atoms with Gasteiger partial charge in [0.25, 0.3) is 0 Å². The molecule has 0 aliphatic carbocycles. The van der Waals surface area contributed by atoms with Crippen LogP contribution in [0.25, 0.3) is 0 Å². The van der Waals surface area contributed by atoms with Gasteiger partial charge in [0.15, 0.2) is 5.82 Å². The summed E-state index contributed by atoms with van der Waals surface area (Å²) in [5.74, 6) is 2.08. The number of nitrogens with one attached hydrogen (secondary N) is 1. The summed E-state index contributed by atoms with van der Waals surface area (Å²) in [5, 5.41) is 7.64. The average molecular weight is 363 g/mol. The summed E-state index contributed by atoms with van der Waals surface area (Å²) in [5.41, 5.74) is 3.41. The zero-order valence-corrected chi connectivity index (χ0v) is 15.8. The van der Waals surface area contributed by atoms with E-state index in [4.69, 9.17) is 0 Å². The molecule has 0 bridgehead atoms. The third-order valence-electron chi connectivity index (χ3n) is 5.11. The molecular formula is C20H25N7. The van der Waals surface area contributed by atoms with E-state index in [0.29, 0.717) is 5.92 Å². The summed E-state index contributed by atoms with van der Waals surface area (Å²) in [6.07, 6.45) is 11.5. The summed E-state index contributed by atoms with van der Waals surface area (Å²) in [4.78, 5) is 16.1. The Morgan fingerprint density at radius 2 is 1.85 bits per heavy atom. The summed E-state index contributed by atoms with van der Waals surface area (Å²) >= 11 is 0. The zero-order valence-electron chi connectivity index (χ0n) is 15.8. The maximum Gasteiger partial charge on any atom is 0.153 e. The molecule has 1 fully saturated rings. The van der Waals surface area contributed by atoms with Crippen LogP contribution in [0.2, 0.25) is 0 Å². The van der Waals surface area contributed by atoms with Crippen molar-refractivity contribution >= 4 is 11.6 Å². The first kappa shape index (κ1) is 17.6. The van der Waals surface area contributed by atoms with Gasteiger partial charge in [0, 0.05) is 49.9 Å². The van der Waals surface area contributed by atoms with E-state index in [1.165, 1.54) is 5.56 Å². The van der Waals surface area contributed by atoms with Crippen LogP contribution in [0.4, 0.5) is 11.6 Å². The molecular weight excluding hydrogens is 338 g/mol. The quantitative estimate of drug-likeness (QED) is 0.751. The number of anilines is 2. The number of hydrogen-bond donors (Lipinski definition) is 1. The molecule has 7 heteroatoms. The standard InChI is InChI=1S/C20H25N7/c1-15-4-3-7-22-19(15)25-20-18(21-8-9-23-20)17-5-10-27(11-6-17)14-16-12-24-26(2)13-16/h3-4,7-9,12-13,17H,5-6,10-11,14H2,1-2H3,(H,22,23,25). The summed E-state index contributed by atoms with van der Waals surface area (Å²) in [6.45, 7) is 5.11. The van der Waals surface area contributed by atoms with Gasteiger partial charge in [-0.25, -0.2) is 9.97 Å². The Bertz CT molecular complexity index is 897. The number of hydrogen-bond acceptors (Lipinski definition) is 6. The van der Waals surface area contributed by atoms with E-state index in [1.807, 2.05) is 37.0 Å². The van der Waals surface area contributed by atoms with Crippen molar-refractivity contribution in [2.75, 3.05) is 18.4 Å². The van der Waals surface area contributed by atoms with Crippen LogP contribution < -0.4 is 5.32 Å². The molecule has 0 saturated carbocycles. The van der Waals surface area contributed by atoms with E-state index in [2.05, 4.69) is 36.5 Å². The molecule has 1 aliphatic rings. The summed E-state index contributed by atoms with van der Waals surface area (Å²) in [7, 11) is 1.96. The van der Waals surface area contributed by atoms with E-state index in [9.17, 15) is 0 Å². The van der Waals surface area contributed by atoms with E-state index in [-0.39, 0.29) is 0 Å². The number of aromatic nitrogens is 5. The molecule has 27 heavy (non-hydrogen) atoms. The van der Waals surface area contributed by atoms with Gasteiger partial charge < -0.3 is 5.32 Å². The van der Waals surface area contributed by atoms with Gasteiger partial charge in [0.2, 0.25) is 0 Å². The maximum absolute atomic E-state index is 4.66. The Morgan fingerprint density at radius 3 is 2.59 bits per heavy atom. The molecule has 7 nitrogen and oxygen atoms in total. The molecule has 3 aromatic rings. The monoisotopic (exact) mass is 363 g/mol. The second-order valence-electron chi connectivity index (χ2n) is 7.16. The zero-order chi connectivity index (χ0) is 18.6. The number of pyridine rings is 1. The maximum atomic E-state index is 4.66. The normalized spacial score (nSPS) is 15.8. The van der Waals surface area contributed by atoms with E-state index < -0.39 is 0 Å². The summed E-state index contributed by atoms with van der Waals surface area (Å²) in [6, 6.07) is 3.98. The highest BCUT2D eigenvalue weighted by molar-refractivity contribution is 5.57. The number of rotatable bonds is 5. The third kappa shape index (κ3) is 4.14. The van der Waals surface area contributed by atoms with Crippen LogP contribution in [0, 0.1) is 6.92 Å². The average Bonchev–Trinajstić information content (AvgIpc) is 3.09. The second-order valence-corrected chi connectivity index (χ2v) is 7.16. The van der Waals surface area contributed by atoms with Crippen LogP contribution in [-0.2, 0) is 13.6 Å². The lowest BCUT2D eigenvalue weighted by molar-refractivity contribution is 0.203. The molecule has 0 unspecified atom stereocenters. The lowest BCUT2D eigenvalue weighted by Gasteiger charge is -2.31. The van der Waals surface area contributed by atoms with Gasteiger partial charge in [-0.3, -0.25) is 14.6 Å². The first-order valence-corrected chi connectivity index (χ1v) is 9.38. The van der Waals surface area contributed by atoms with Crippen molar-refractivity contribution in [3.05, 3.63) is 59.9 Å². The van der Waals surface area contributed by atoms with Crippen molar-refractivity contribution in [1.29, 1.82) is 0 Å². The lowest BCUT2D eigenvalue weighted by Crippen LogP contribution is -2.32. The van der Waals surface area contributed by atoms with Crippen LogP contribution in [0.5, 0.6) is 0 Å². The van der Waals surface area contributed by atoms with Crippen LogP contribution in [0.15, 0.2) is 43.1 Å². The van der Waals surface area contributed by atoms with Crippen LogP contribution in [-0.4, -0.2) is 42.7 Å². The van der Waals surface area contributed by atoms with Gasteiger partial charge in [0.1, 0.15) is 5.82 Å². The van der Waals surface area contributed by atoms with Gasteiger partial charge in [0.05, 0.1) is 11.9 Å². The smallest absolute Gasteiger partial charge is 0.153 e. The van der Waals surface area contributed by atoms with Crippen molar-refractivity contribution in [3.63, 3.8) is 0 Å². The van der Waals surface area contributed by atoms with E-state index >= 15 is 0 Å². The van der Waals surface area contributed by atoms with Gasteiger partial charge in [-0.15, -0.1) is 0 Å². The van der Waals surface area contributed by atoms with Crippen molar-refractivity contribution in [1.82, 2.24) is 29.6 Å². The fourth-order valence-electron chi connectivity index (χ4n) is 3.65. The van der Waals surface area contributed by atoms with Gasteiger partial charge in [-0.1, -0.05) is 6.07 Å². The van der Waals surface area contributed by atoms with Crippen molar-refractivity contribution in [3.8, 4) is 0 Å². The van der Waals surface area contributed by atoms with Crippen molar-refractivity contribution in [2.45, 2.75) is 32.2 Å². The highest BCUT2D eigenvalue weighted by Crippen LogP contribution is 2.32. The topological polar surface area (TPSA) is 71.8 Å². The molecule has 0 aromatic carbocycles. The highest BCUT2D eigenvalue weighted by Gasteiger charge is 2.24. The predicted octanol–water partition coefficient (Wildman–Crippen LogP) is 3.04. The van der Waals surface area contributed by atoms with Crippen molar-refractivity contribution < 1.29 is 0 Å². The molecule has 0 spiro atoms. The lowest BCUT2D eigenvalue weighted by atomic mass is 9.93. The Labute approximate surface area is 159 Å². The Hall–Kier alpha value is -2.80. The molecule has 1 N–H and O–H groups in total. The minimum absolute atomic E-state index is 0.412. The minimum Gasteiger partial charge on any atom is -0.323 e. The number of nitrogens with zero attached hydrogens (tertiary/aromatic N) is 6. The molecule has 1 aliphatic heterocycles. The molecule has 4 heterocycles. The molecule has 3 aromatic heterocycles. The second kappa shape index (κ2) is 7.84. The first-order chi connectivity index (χ1) is 13.2. The number of likely N-dealkylation sites (tertiary alicyclic amines) is 1. The molecule has 4 rings (SSSR count). The fourth-order valence-corrected chi connectivity index (χ4v) is 3.65.